The molecule has 0 aromatic heterocycles. The van der Waals surface area contributed by atoms with E-state index in [9.17, 15) is 9.18 Å². The average molecular weight is 299 g/mol. The van der Waals surface area contributed by atoms with Crippen LogP contribution in [0.3, 0.4) is 0 Å². The van der Waals surface area contributed by atoms with Crippen LogP contribution in [0.15, 0.2) is 22.7 Å². The van der Waals surface area contributed by atoms with Crippen molar-refractivity contribution in [2.75, 3.05) is 5.32 Å². The lowest BCUT2D eigenvalue weighted by Crippen LogP contribution is -2.21. The Bertz CT molecular complexity index is 456. The zero-order valence-electron chi connectivity index (χ0n) is 9.34. The highest BCUT2D eigenvalue weighted by atomic mass is 79.9. The zero-order chi connectivity index (χ0) is 12.8. The van der Waals surface area contributed by atoms with Gasteiger partial charge in [0.15, 0.2) is 0 Å². The molecule has 0 fully saturated rings. The second-order valence-electron chi connectivity index (χ2n) is 3.58. The number of halogens is 2. The first-order valence-corrected chi connectivity index (χ1v) is 6.03. The van der Waals surface area contributed by atoms with Crippen LogP contribution in [0.4, 0.5) is 10.1 Å². The summed E-state index contributed by atoms with van der Waals surface area (Å²) in [5.74, 6) is -1.42. The Kier molecular flexibility index (Phi) is 5.11. The first-order valence-electron chi connectivity index (χ1n) is 5.24. The molecule has 1 amide bonds. The monoisotopic (exact) mass is 298 g/mol. The highest BCUT2D eigenvalue weighted by Crippen LogP contribution is 2.23. The van der Waals surface area contributed by atoms with Gasteiger partial charge in [-0.25, -0.2) is 4.39 Å². The Morgan fingerprint density at radius 2 is 2.35 bits per heavy atom. The summed E-state index contributed by atoms with van der Waals surface area (Å²) in [7, 11) is 0. The van der Waals surface area contributed by atoms with E-state index in [2.05, 4.69) is 21.2 Å². The zero-order valence-corrected chi connectivity index (χ0v) is 10.9. The minimum absolute atomic E-state index is 0.360. The highest BCUT2D eigenvalue weighted by molar-refractivity contribution is 9.10. The maximum atomic E-state index is 12.8. The number of benzene rings is 1. The summed E-state index contributed by atoms with van der Waals surface area (Å²) in [6.07, 6.45) is 1.28. The van der Waals surface area contributed by atoms with Crippen LogP contribution in [-0.2, 0) is 4.79 Å². The van der Waals surface area contributed by atoms with Crippen molar-refractivity contribution >= 4 is 27.5 Å². The minimum Gasteiger partial charge on any atom is -0.324 e. The van der Waals surface area contributed by atoms with E-state index in [4.69, 9.17) is 5.26 Å². The SMILES string of the molecule is CCCC(C#N)C(=O)Nc1ccc(F)cc1Br. The fraction of sp³-hybridized carbons (Fsp3) is 0.333. The van der Waals surface area contributed by atoms with Gasteiger partial charge in [-0.05, 0) is 40.5 Å². The number of nitrogens with zero attached hydrogens (tertiary/aromatic N) is 1. The number of nitrogens with one attached hydrogen (secondary N) is 1. The fourth-order valence-electron chi connectivity index (χ4n) is 1.35. The van der Waals surface area contributed by atoms with Crippen molar-refractivity contribution in [3.05, 3.63) is 28.5 Å². The summed E-state index contributed by atoms with van der Waals surface area (Å²) in [6, 6.07) is 5.92. The van der Waals surface area contributed by atoms with Gasteiger partial charge >= 0.3 is 0 Å². The number of carbonyl (C=O) groups excluding carboxylic acids is 1. The number of nitriles is 1. The number of anilines is 1. The molecule has 1 aromatic carbocycles. The third-order valence-electron chi connectivity index (χ3n) is 2.24. The van der Waals surface area contributed by atoms with Gasteiger partial charge in [-0.2, -0.15) is 5.26 Å². The molecule has 0 aliphatic heterocycles. The molecule has 1 atom stereocenters. The predicted octanol–water partition coefficient (Wildman–Crippen LogP) is 3.47. The Labute approximate surface area is 108 Å². The Balaban J connectivity index is 2.77. The van der Waals surface area contributed by atoms with Crippen molar-refractivity contribution in [3.63, 3.8) is 0 Å². The standard InChI is InChI=1S/C12H12BrFN2O/c1-2-3-8(7-15)12(17)16-11-5-4-9(14)6-10(11)13/h4-6,8H,2-3H2,1H3,(H,16,17). The van der Waals surface area contributed by atoms with Gasteiger partial charge < -0.3 is 5.32 Å². The summed E-state index contributed by atoms with van der Waals surface area (Å²) < 4.78 is 13.3. The van der Waals surface area contributed by atoms with E-state index >= 15 is 0 Å². The van der Waals surface area contributed by atoms with Crippen molar-refractivity contribution in [1.82, 2.24) is 0 Å². The molecule has 0 spiro atoms. The molecule has 0 aliphatic carbocycles. The van der Waals surface area contributed by atoms with E-state index < -0.39 is 5.92 Å². The number of hydrogen-bond acceptors (Lipinski definition) is 2. The van der Waals surface area contributed by atoms with E-state index in [0.29, 0.717) is 16.6 Å². The first-order chi connectivity index (χ1) is 8.08. The lowest BCUT2D eigenvalue weighted by atomic mass is 10.0. The van der Waals surface area contributed by atoms with Crippen LogP contribution in [0.2, 0.25) is 0 Å². The molecule has 0 saturated carbocycles. The van der Waals surface area contributed by atoms with Crippen molar-refractivity contribution in [2.24, 2.45) is 5.92 Å². The van der Waals surface area contributed by atoms with Crippen molar-refractivity contribution in [1.29, 1.82) is 5.26 Å². The molecular formula is C12H12BrFN2O. The lowest BCUT2D eigenvalue weighted by molar-refractivity contribution is -0.118. The van der Waals surface area contributed by atoms with Gasteiger partial charge in [0, 0.05) is 4.47 Å². The molecule has 5 heteroatoms. The van der Waals surface area contributed by atoms with Crippen molar-refractivity contribution < 1.29 is 9.18 Å². The molecular weight excluding hydrogens is 287 g/mol. The molecule has 0 radical (unpaired) electrons. The van der Waals surface area contributed by atoms with Gasteiger partial charge in [0.2, 0.25) is 5.91 Å². The van der Waals surface area contributed by atoms with Crippen LogP contribution in [0, 0.1) is 23.1 Å². The van der Waals surface area contributed by atoms with E-state index in [1.807, 2.05) is 13.0 Å². The number of carbonyl (C=O) groups is 1. The molecule has 0 saturated heterocycles. The van der Waals surface area contributed by atoms with Crippen LogP contribution in [0.5, 0.6) is 0 Å². The van der Waals surface area contributed by atoms with Gasteiger partial charge in [-0.1, -0.05) is 13.3 Å². The number of rotatable bonds is 4. The molecule has 3 nitrogen and oxygen atoms in total. The van der Waals surface area contributed by atoms with Gasteiger partial charge in [-0.15, -0.1) is 0 Å². The van der Waals surface area contributed by atoms with Crippen LogP contribution < -0.4 is 5.32 Å². The summed E-state index contributed by atoms with van der Waals surface area (Å²) in [5.41, 5.74) is 0.466. The topological polar surface area (TPSA) is 52.9 Å². The van der Waals surface area contributed by atoms with E-state index in [0.717, 1.165) is 6.42 Å². The second kappa shape index (κ2) is 6.36. The molecule has 1 rings (SSSR count). The van der Waals surface area contributed by atoms with Gasteiger partial charge in [0.05, 0.1) is 11.8 Å². The van der Waals surface area contributed by atoms with Gasteiger partial charge in [0.25, 0.3) is 0 Å². The predicted molar refractivity (Wildman–Crippen MR) is 66.7 cm³/mol. The number of hydrogen-bond donors (Lipinski definition) is 1. The first kappa shape index (κ1) is 13.7. The smallest absolute Gasteiger partial charge is 0.241 e. The van der Waals surface area contributed by atoms with Crippen LogP contribution in [0.25, 0.3) is 0 Å². The number of amides is 1. The largest absolute Gasteiger partial charge is 0.324 e. The van der Waals surface area contributed by atoms with Crippen LogP contribution >= 0.6 is 15.9 Å². The summed E-state index contributed by atoms with van der Waals surface area (Å²) in [4.78, 5) is 11.7. The Morgan fingerprint density at radius 1 is 1.65 bits per heavy atom. The third kappa shape index (κ3) is 3.82. The molecule has 17 heavy (non-hydrogen) atoms. The molecule has 0 bridgehead atoms. The average Bonchev–Trinajstić information content (AvgIpc) is 2.29. The van der Waals surface area contributed by atoms with Gasteiger partial charge in [-0.3, -0.25) is 4.79 Å². The van der Waals surface area contributed by atoms with E-state index in [1.165, 1.54) is 18.2 Å². The van der Waals surface area contributed by atoms with E-state index in [1.54, 1.807) is 0 Å². The van der Waals surface area contributed by atoms with E-state index in [-0.39, 0.29) is 11.7 Å². The molecule has 1 N–H and O–H groups in total. The second-order valence-corrected chi connectivity index (χ2v) is 4.44. The summed E-state index contributed by atoms with van der Waals surface area (Å²) in [5, 5.41) is 11.4. The van der Waals surface area contributed by atoms with Crippen molar-refractivity contribution in [3.8, 4) is 6.07 Å². The van der Waals surface area contributed by atoms with Gasteiger partial charge in [0.1, 0.15) is 11.7 Å². The molecule has 0 heterocycles. The van der Waals surface area contributed by atoms with Crippen LogP contribution in [-0.4, -0.2) is 5.91 Å². The molecule has 1 unspecified atom stereocenters. The molecule has 1 aromatic rings. The molecule has 0 aliphatic rings. The lowest BCUT2D eigenvalue weighted by Gasteiger charge is -2.10. The summed E-state index contributed by atoms with van der Waals surface area (Å²) in [6.45, 7) is 1.91. The third-order valence-corrected chi connectivity index (χ3v) is 2.89. The highest BCUT2D eigenvalue weighted by Gasteiger charge is 2.17. The Hall–Kier alpha value is -1.41. The maximum absolute atomic E-state index is 12.8. The minimum atomic E-state index is -0.669. The quantitative estimate of drug-likeness (QED) is 0.925. The molecule has 90 valence electrons. The fourth-order valence-corrected chi connectivity index (χ4v) is 1.80. The van der Waals surface area contributed by atoms with Crippen molar-refractivity contribution in [2.45, 2.75) is 19.8 Å². The Morgan fingerprint density at radius 3 is 2.88 bits per heavy atom. The maximum Gasteiger partial charge on any atom is 0.241 e. The van der Waals surface area contributed by atoms with Crippen LogP contribution in [0.1, 0.15) is 19.8 Å². The normalized spacial score (nSPS) is 11.6. The summed E-state index contributed by atoms with van der Waals surface area (Å²) >= 11 is 3.15.